The van der Waals surface area contributed by atoms with Gasteiger partial charge in [-0.1, -0.05) is 45.4 Å². The van der Waals surface area contributed by atoms with Crippen molar-refractivity contribution in [3.05, 3.63) is 24.0 Å². The van der Waals surface area contributed by atoms with Crippen molar-refractivity contribution in [2.75, 3.05) is 6.61 Å². The van der Waals surface area contributed by atoms with E-state index in [4.69, 9.17) is 9.84 Å². The molecule has 0 bridgehead atoms. The van der Waals surface area contributed by atoms with Gasteiger partial charge in [-0.05, 0) is 12.5 Å². The number of ether oxygens (including phenoxy) is 1. The minimum atomic E-state index is -0.978. The van der Waals surface area contributed by atoms with Crippen LogP contribution in [0.1, 0.15) is 62.2 Å². The molecule has 0 unspecified atom stereocenters. The van der Waals surface area contributed by atoms with Crippen molar-refractivity contribution < 1.29 is 14.6 Å². The third kappa shape index (κ3) is 6.79. The number of hydrogen-bond donors (Lipinski definition) is 1. The quantitative estimate of drug-likeness (QED) is 0.652. The highest BCUT2D eigenvalue weighted by Crippen LogP contribution is 2.12. The highest BCUT2D eigenvalue weighted by Gasteiger charge is 2.04. The first-order chi connectivity index (χ1) is 9.24. The van der Waals surface area contributed by atoms with E-state index in [9.17, 15) is 4.79 Å². The Morgan fingerprint density at radius 2 is 1.84 bits per heavy atom. The zero-order chi connectivity index (χ0) is 13.9. The zero-order valence-electron chi connectivity index (χ0n) is 11.6. The largest absolute Gasteiger partial charge is 0.492 e. The Kier molecular flexibility index (Phi) is 7.63. The first-order valence-electron chi connectivity index (χ1n) is 7.05. The molecule has 0 amide bonds. The Morgan fingerprint density at radius 1 is 1.16 bits per heavy atom. The standard InChI is InChI=1S/C15H23NO3/c1-2-3-4-5-6-7-8-9-19-14-10-13(15(17)18)11-16-12-14/h10-12H,2-9H2,1H3,(H,17,18). The summed E-state index contributed by atoms with van der Waals surface area (Å²) in [6.45, 7) is 2.84. The van der Waals surface area contributed by atoms with Gasteiger partial charge < -0.3 is 9.84 Å². The van der Waals surface area contributed by atoms with Crippen molar-refractivity contribution in [1.82, 2.24) is 4.98 Å². The summed E-state index contributed by atoms with van der Waals surface area (Å²) in [5.41, 5.74) is 0.164. The normalized spacial score (nSPS) is 10.4. The lowest BCUT2D eigenvalue weighted by Gasteiger charge is -2.06. The van der Waals surface area contributed by atoms with Crippen molar-refractivity contribution in [2.24, 2.45) is 0 Å². The average molecular weight is 265 g/mol. The summed E-state index contributed by atoms with van der Waals surface area (Å²) in [6, 6.07) is 1.51. The fourth-order valence-corrected chi connectivity index (χ4v) is 1.86. The first kappa shape index (κ1) is 15.5. The van der Waals surface area contributed by atoms with E-state index in [2.05, 4.69) is 11.9 Å². The summed E-state index contributed by atoms with van der Waals surface area (Å²) >= 11 is 0. The van der Waals surface area contributed by atoms with Gasteiger partial charge in [-0.2, -0.15) is 0 Å². The fourth-order valence-electron chi connectivity index (χ4n) is 1.86. The molecule has 0 aromatic carbocycles. The number of carboxylic acid groups (broad SMARTS) is 1. The predicted molar refractivity (Wildman–Crippen MR) is 74.7 cm³/mol. The second kappa shape index (κ2) is 9.36. The zero-order valence-corrected chi connectivity index (χ0v) is 11.6. The smallest absolute Gasteiger partial charge is 0.337 e. The number of aromatic carboxylic acids is 1. The molecule has 1 rings (SSSR count). The maximum Gasteiger partial charge on any atom is 0.337 e. The average Bonchev–Trinajstić information content (AvgIpc) is 2.42. The van der Waals surface area contributed by atoms with E-state index in [1.54, 1.807) is 6.20 Å². The van der Waals surface area contributed by atoms with Crippen LogP contribution in [-0.2, 0) is 0 Å². The van der Waals surface area contributed by atoms with Crippen LogP contribution < -0.4 is 4.74 Å². The predicted octanol–water partition coefficient (Wildman–Crippen LogP) is 3.91. The monoisotopic (exact) mass is 265 g/mol. The van der Waals surface area contributed by atoms with Gasteiger partial charge in [0, 0.05) is 6.20 Å². The Morgan fingerprint density at radius 3 is 2.53 bits per heavy atom. The third-order valence-electron chi connectivity index (χ3n) is 2.98. The number of carbonyl (C=O) groups is 1. The highest BCUT2D eigenvalue weighted by atomic mass is 16.5. The topological polar surface area (TPSA) is 59.4 Å². The van der Waals surface area contributed by atoms with Gasteiger partial charge in [-0.25, -0.2) is 4.79 Å². The van der Waals surface area contributed by atoms with Gasteiger partial charge in [0.15, 0.2) is 0 Å². The lowest BCUT2D eigenvalue weighted by molar-refractivity contribution is 0.0696. The Hall–Kier alpha value is -1.58. The molecule has 0 fully saturated rings. The molecular weight excluding hydrogens is 242 g/mol. The van der Waals surface area contributed by atoms with Crippen LogP contribution in [0.15, 0.2) is 18.5 Å². The lowest BCUT2D eigenvalue weighted by Crippen LogP contribution is -2.01. The van der Waals surface area contributed by atoms with Crippen molar-refractivity contribution in [3.63, 3.8) is 0 Å². The van der Waals surface area contributed by atoms with E-state index in [-0.39, 0.29) is 5.56 Å². The molecule has 0 aliphatic heterocycles. The van der Waals surface area contributed by atoms with Crippen LogP contribution in [0.3, 0.4) is 0 Å². The Labute approximate surface area is 114 Å². The Bertz CT molecular complexity index is 379. The van der Waals surface area contributed by atoms with E-state index in [1.807, 2.05) is 0 Å². The minimum absolute atomic E-state index is 0.164. The van der Waals surface area contributed by atoms with Crippen molar-refractivity contribution >= 4 is 5.97 Å². The lowest BCUT2D eigenvalue weighted by atomic mass is 10.1. The van der Waals surface area contributed by atoms with Crippen LogP contribution in [0, 0.1) is 0 Å². The van der Waals surface area contributed by atoms with E-state index < -0.39 is 5.97 Å². The molecule has 0 radical (unpaired) electrons. The number of unbranched alkanes of at least 4 members (excludes halogenated alkanes) is 6. The molecule has 1 heterocycles. The molecule has 19 heavy (non-hydrogen) atoms. The summed E-state index contributed by atoms with van der Waals surface area (Å²) in [5.74, 6) is -0.445. The van der Waals surface area contributed by atoms with E-state index in [0.717, 1.165) is 12.8 Å². The van der Waals surface area contributed by atoms with Crippen LogP contribution >= 0.6 is 0 Å². The first-order valence-corrected chi connectivity index (χ1v) is 7.05. The maximum absolute atomic E-state index is 10.8. The number of pyridine rings is 1. The molecule has 4 heteroatoms. The van der Waals surface area contributed by atoms with Gasteiger partial charge in [0.05, 0.1) is 18.4 Å². The summed E-state index contributed by atoms with van der Waals surface area (Å²) in [6.07, 6.45) is 11.5. The molecule has 0 aliphatic carbocycles. The molecule has 1 aromatic rings. The van der Waals surface area contributed by atoms with Gasteiger partial charge in [0.2, 0.25) is 0 Å². The van der Waals surface area contributed by atoms with E-state index >= 15 is 0 Å². The van der Waals surface area contributed by atoms with Gasteiger partial charge in [0.25, 0.3) is 0 Å². The molecule has 0 spiro atoms. The molecule has 1 N–H and O–H groups in total. The van der Waals surface area contributed by atoms with Crippen molar-refractivity contribution in [3.8, 4) is 5.75 Å². The summed E-state index contributed by atoms with van der Waals surface area (Å²) in [5, 5.41) is 8.83. The molecule has 0 saturated heterocycles. The molecule has 0 atom stereocenters. The highest BCUT2D eigenvalue weighted by molar-refractivity contribution is 5.87. The van der Waals surface area contributed by atoms with E-state index in [0.29, 0.717) is 12.4 Å². The number of hydrogen-bond acceptors (Lipinski definition) is 3. The Balaban J connectivity index is 2.12. The molecule has 4 nitrogen and oxygen atoms in total. The van der Waals surface area contributed by atoms with Gasteiger partial charge in [-0.3, -0.25) is 4.98 Å². The van der Waals surface area contributed by atoms with Crippen LogP contribution in [0.2, 0.25) is 0 Å². The van der Waals surface area contributed by atoms with Crippen LogP contribution in [0.25, 0.3) is 0 Å². The van der Waals surface area contributed by atoms with Crippen LogP contribution in [0.5, 0.6) is 5.75 Å². The fraction of sp³-hybridized carbons (Fsp3) is 0.600. The number of aromatic nitrogens is 1. The summed E-state index contributed by atoms with van der Waals surface area (Å²) in [4.78, 5) is 14.6. The molecule has 0 aliphatic rings. The molecule has 106 valence electrons. The summed E-state index contributed by atoms with van der Waals surface area (Å²) in [7, 11) is 0. The molecule has 0 saturated carbocycles. The second-order valence-corrected chi connectivity index (χ2v) is 4.68. The third-order valence-corrected chi connectivity index (χ3v) is 2.98. The molecular formula is C15H23NO3. The molecule has 1 aromatic heterocycles. The van der Waals surface area contributed by atoms with E-state index in [1.165, 1.54) is 44.4 Å². The van der Waals surface area contributed by atoms with Crippen LogP contribution in [-0.4, -0.2) is 22.7 Å². The summed E-state index contributed by atoms with van der Waals surface area (Å²) < 4.78 is 5.50. The van der Waals surface area contributed by atoms with Gasteiger partial charge in [-0.15, -0.1) is 0 Å². The minimum Gasteiger partial charge on any atom is -0.492 e. The van der Waals surface area contributed by atoms with Crippen LogP contribution in [0.4, 0.5) is 0 Å². The number of carboxylic acids is 1. The number of nitrogens with zero attached hydrogens (tertiary/aromatic N) is 1. The van der Waals surface area contributed by atoms with Gasteiger partial charge in [0.1, 0.15) is 5.75 Å². The maximum atomic E-state index is 10.8. The van der Waals surface area contributed by atoms with Crippen molar-refractivity contribution in [1.29, 1.82) is 0 Å². The number of rotatable bonds is 10. The van der Waals surface area contributed by atoms with Crippen molar-refractivity contribution in [2.45, 2.75) is 51.9 Å². The van der Waals surface area contributed by atoms with Gasteiger partial charge >= 0.3 is 5.97 Å². The SMILES string of the molecule is CCCCCCCCCOc1cncc(C(=O)O)c1. The second-order valence-electron chi connectivity index (χ2n) is 4.68.